The van der Waals surface area contributed by atoms with Gasteiger partial charge in [0.2, 0.25) is 0 Å². The van der Waals surface area contributed by atoms with Crippen molar-refractivity contribution in [3.05, 3.63) is 58.1 Å². The molecule has 3 rings (SSSR count). The van der Waals surface area contributed by atoms with Gasteiger partial charge in [0.25, 0.3) is 0 Å². The van der Waals surface area contributed by atoms with E-state index in [0.29, 0.717) is 11.2 Å². The molecule has 1 unspecified atom stereocenters. The molecule has 0 aromatic heterocycles. The number of nitrogens with one attached hydrogen (secondary N) is 2. The quantitative estimate of drug-likeness (QED) is 0.534. The maximum absolute atomic E-state index is 5.40. The van der Waals surface area contributed by atoms with Gasteiger partial charge in [-0.1, -0.05) is 34.1 Å². The predicted molar refractivity (Wildman–Crippen MR) is 115 cm³/mol. The third-order valence-corrected chi connectivity index (χ3v) is 5.76. The number of thiocarbonyl (C=S) groups is 1. The molecule has 1 aliphatic rings. The summed E-state index contributed by atoms with van der Waals surface area (Å²) in [7, 11) is 0. The second-order valence-corrected chi connectivity index (χ2v) is 7.84. The standard InChI is InChI=1S/C20H24BrN3S/c1-14-12-17(8-9-18(14)21)23-20(25)22-10-5-11-24-15(2)13-16-6-3-4-7-19(16)24/h3-4,6-9,12,15H,5,10-11,13H2,1-2H3,(H2,22,23,25). The van der Waals surface area contributed by atoms with Crippen LogP contribution in [0.15, 0.2) is 46.9 Å². The first-order valence-corrected chi connectivity index (χ1v) is 9.90. The number of hydrogen-bond donors (Lipinski definition) is 2. The summed E-state index contributed by atoms with van der Waals surface area (Å²) in [6.45, 7) is 6.29. The normalized spacial score (nSPS) is 15.8. The lowest BCUT2D eigenvalue weighted by atomic mass is 10.1. The van der Waals surface area contributed by atoms with Crippen LogP contribution in [0.3, 0.4) is 0 Å². The van der Waals surface area contributed by atoms with Crippen molar-refractivity contribution in [1.82, 2.24) is 5.32 Å². The van der Waals surface area contributed by atoms with Gasteiger partial charge in [0.05, 0.1) is 0 Å². The first-order valence-electron chi connectivity index (χ1n) is 8.70. The maximum atomic E-state index is 5.40. The van der Waals surface area contributed by atoms with Crippen LogP contribution in [0, 0.1) is 6.92 Å². The molecule has 0 amide bonds. The molecule has 1 atom stereocenters. The number of rotatable bonds is 5. The number of benzene rings is 2. The zero-order valence-corrected chi connectivity index (χ0v) is 17.1. The van der Waals surface area contributed by atoms with Crippen molar-refractivity contribution in [2.45, 2.75) is 32.7 Å². The number of para-hydroxylation sites is 1. The van der Waals surface area contributed by atoms with Crippen LogP contribution in [0.5, 0.6) is 0 Å². The molecule has 132 valence electrons. The van der Waals surface area contributed by atoms with Crippen LogP contribution in [0.25, 0.3) is 0 Å². The molecule has 0 aliphatic carbocycles. The molecule has 0 bridgehead atoms. The fourth-order valence-corrected chi connectivity index (χ4v) is 3.79. The Balaban J connectivity index is 1.44. The Morgan fingerprint density at radius 1 is 1.28 bits per heavy atom. The molecule has 0 saturated carbocycles. The number of fused-ring (bicyclic) bond motifs is 1. The topological polar surface area (TPSA) is 27.3 Å². The third kappa shape index (κ3) is 4.53. The van der Waals surface area contributed by atoms with E-state index in [0.717, 1.165) is 36.1 Å². The number of aryl methyl sites for hydroxylation is 1. The van der Waals surface area contributed by atoms with Crippen LogP contribution in [-0.2, 0) is 6.42 Å². The van der Waals surface area contributed by atoms with Gasteiger partial charge in [-0.15, -0.1) is 0 Å². The summed E-state index contributed by atoms with van der Waals surface area (Å²) in [6, 6.07) is 15.4. The molecule has 2 aromatic carbocycles. The maximum Gasteiger partial charge on any atom is 0.170 e. The molecule has 1 heterocycles. The minimum absolute atomic E-state index is 0.577. The minimum Gasteiger partial charge on any atom is -0.368 e. The van der Waals surface area contributed by atoms with Crippen LogP contribution in [0.4, 0.5) is 11.4 Å². The number of nitrogens with zero attached hydrogens (tertiary/aromatic N) is 1. The first-order chi connectivity index (χ1) is 12.0. The average molecular weight is 418 g/mol. The first kappa shape index (κ1) is 18.2. The smallest absolute Gasteiger partial charge is 0.170 e. The van der Waals surface area contributed by atoms with Crippen molar-refractivity contribution in [3.8, 4) is 0 Å². The molecule has 3 nitrogen and oxygen atoms in total. The van der Waals surface area contributed by atoms with Crippen molar-refractivity contribution in [3.63, 3.8) is 0 Å². The minimum atomic E-state index is 0.577. The Morgan fingerprint density at radius 3 is 2.88 bits per heavy atom. The van der Waals surface area contributed by atoms with E-state index < -0.39 is 0 Å². The van der Waals surface area contributed by atoms with Crippen molar-refractivity contribution < 1.29 is 0 Å². The Kier molecular flexibility index (Phi) is 5.97. The highest BCUT2D eigenvalue weighted by molar-refractivity contribution is 9.10. The Bertz CT molecular complexity index is 762. The van der Waals surface area contributed by atoms with E-state index in [9.17, 15) is 0 Å². The van der Waals surface area contributed by atoms with Crippen molar-refractivity contribution >= 4 is 44.6 Å². The zero-order valence-electron chi connectivity index (χ0n) is 14.7. The molecule has 0 spiro atoms. The van der Waals surface area contributed by atoms with Gasteiger partial charge in [0, 0.05) is 35.0 Å². The molecule has 5 heteroatoms. The fourth-order valence-electron chi connectivity index (χ4n) is 3.32. The predicted octanol–water partition coefficient (Wildman–Crippen LogP) is 4.89. The monoisotopic (exact) mass is 417 g/mol. The Hall–Kier alpha value is -1.59. The van der Waals surface area contributed by atoms with Gasteiger partial charge < -0.3 is 15.5 Å². The van der Waals surface area contributed by atoms with Crippen LogP contribution in [0.2, 0.25) is 0 Å². The van der Waals surface area contributed by atoms with E-state index >= 15 is 0 Å². The third-order valence-electron chi connectivity index (χ3n) is 4.63. The van der Waals surface area contributed by atoms with E-state index in [4.69, 9.17) is 12.2 Å². The summed E-state index contributed by atoms with van der Waals surface area (Å²) in [5, 5.41) is 7.24. The summed E-state index contributed by atoms with van der Waals surface area (Å²) >= 11 is 8.91. The Morgan fingerprint density at radius 2 is 2.08 bits per heavy atom. The van der Waals surface area contributed by atoms with Gasteiger partial charge in [-0.05, 0) is 74.3 Å². The van der Waals surface area contributed by atoms with Gasteiger partial charge in [0.15, 0.2) is 5.11 Å². The van der Waals surface area contributed by atoms with Crippen molar-refractivity contribution in [2.75, 3.05) is 23.3 Å². The van der Waals surface area contributed by atoms with E-state index in [1.807, 2.05) is 12.1 Å². The van der Waals surface area contributed by atoms with E-state index in [-0.39, 0.29) is 0 Å². The van der Waals surface area contributed by atoms with E-state index in [1.165, 1.54) is 16.8 Å². The van der Waals surface area contributed by atoms with Gasteiger partial charge in [-0.25, -0.2) is 0 Å². The number of hydrogen-bond acceptors (Lipinski definition) is 2. The number of halogens is 1. The van der Waals surface area contributed by atoms with Crippen LogP contribution >= 0.6 is 28.1 Å². The van der Waals surface area contributed by atoms with Crippen LogP contribution in [0.1, 0.15) is 24.5 Å². The lowest BCUT2D eigenvalue weighted by Crippen LogP contribution is -2.34. The molecular formula is C20H24BrN3S. The van der Waals surface area contributed by atoms with E-state index in [2.05, 4.69) is 75.6 Å². The highest BCUT2D eigenvalue weighted by Gasteiger charge is 2.24. The lowest BCUT2D eigenvalue weighted by molar-refractivity contribution is 0.641. The largest absolute Gasteiger partial charge is 0.368 e. The molecule has 25 heavy (non-hydrogen) atoms. The second-order valence-electron chi connectivity index (χ2n) is 6.57. The summed E-state index contributed by atoms with van der Waals surface area (Å²) in [5.41, 5.74) is 5.06. The molecule has 0 fully saturated rings. The average Bonchev–Trinajstić information content (AvgIpc) is 2.90. The summed E-state index contributed by atoms with van der Waals surface area (Å²) in [6.07, 6.45) is 2.20. The van der Waals surface area contributed by atoms with Crippen molar-refractivity contribution in [1.29, 1.82) is 0 Å². The lowest BCUT2D eigenvalue weighted by Gasteiger charge is -2.25. The number of anilines is 2. The molecule has 2 aromatic rings. The Labute approximate surface area is 163 Å². The highest BCUT2D eigenvalue weighted by Crippen LogP contribution is 2.31. The van der Waals surface area contributed by atoms with Gasteiger partial charge >= 0.3 is 0 Å². The molecule has 0 saturated heterocycles. The van der Waals surface area contributed by atoms with Gasteiger partial charge in [0.1, 0.15) is 0 Å². The van der Waals surface area contributed by atoms with Gasteiger partial charge in [-0.3, -0.25) is 0 Å². The fraction of sp³-hybridized carbons (Fsp3) is 0.350. The van der Waals surface area contributed by atoms with Crippen LogP contribution in [-0.4, -0.2) is 24.2 Å². The van der Waals surface area contributed by atoms with Gasteiger partial charge in [-0.2, -0.15) is 0 Å². The zero-order chi connectivity index (χ0) is 17.8. The van der Waals surface area contributed by atoms with E-state index in [1.54, 1.807) is 0 Å². The molecular weight excluding hydrogens is 394 g/mol. The SMILES string of the molecule is Cc1cc(NC(=S)NCCCN2c3ccccc3CC2C)ccc1Br. The summed E-state index contributed by atoms with van der Waals surface area (Å²) < 4.78 is 1.11. The second kappa shape index (κ2) is 8.19. The summed E-state index contributed by atoms with van der Waals surface area (Å²) in [4.78, 5) is 2.51. The summed E-state index contributed by atoms with van der Waals surface area (Å²) in [5.74, 6) is 0. The van der Waals surface area contributed by atoms with Crippen molar-refractivity contribution in [2.24, 2.45) is 0 Å². The van der Waals surface area contributed by atoms with Crippen LogP contribution < -0.4 is 15.5 Å². The molecule has 2 N–H and O–H groups in total. The molecule has 0 radical (unpaired) electrons. The molecule has 1 aliphatic heterocycles. The highest BCUT2D eigenvalue weighted by atomic mass is 79.9.